The average Bonchev–Trinajstić information content (AvgIpc) is 2.42. The van der Waals surface area contributed by atoms with Gasteiger partial charge in [0, 0.05) is 23.7 Å². The highest BCUT2D eigenvalue weighted by atomic mass is 16.6. The van der Waals surface area contributed by atoms with Crippen LogP contribution in [0.3, 0.4) is 0 Å². The van der Waals surface area contributed by atoms with Crippen LogP contribution in [0.15, 0.2) is 30.9 Å². The predicted molar refractivity (Wildman–Crippen MR) is 73.4 cm³/mol. The first kappa shape index (κ1) is 15.4. The maximum Gasteiger partial charge on any atom is 0.273 e. The standard InChI is InChI=1S/C13H15N3O4/c1-3-6-14-12(17)8-15-13(18)10-5-4-9(2)11(7-10)16(19)20/h3-5,7H,1,6,8H2,2H3,(H,14,17)(H,15,18). The van der Waals surface area contributed by atoms with Crippen LogP contribution in [0.1, 0.15) is 15.9 Å². The van der Waals surface area contributed by atoms with Crippen molar-refractivity contribution in [2.24, 2.45) is 0 Å². The summed E-state index contributed by atoms with van der Waals surface area (Å²) in [5.74, 6) is -0.901. The lowest BCUT2D eigenvalue weighted by molar-refractivity contribution is -0.385. The van der Waals surface area contributed by atoms with Gasteiger partial charge in [0.05, 0.1) is 11.5 Å². The van der Waals surface area contributed by atoms with E-state index in [9.17, 15) is 19.7 Å². The van der Waals surface area contributed by atoms with Gasteiger partial charge in [-0.2, -0.15) is 0 Å². The lowest BCUT2D eigenvalue weighted by atomic mass is 10.1. The molecule has 0 bridgehead atoms. The first-order chi connectivity index (χ1) is 9.45. The first-order valence-corrected chi connectivity index (χ1v) is 5.86. The molecule has 2 amide bonds. The van der Waals surface area contributed by atoms with Crippen LogP contribution in [0.5, 0.6) is 0 Å². The summed E-state index contributed by atoms with van der Waals surface area (Å²) in [6.07, 6.45) is 1.52. The second kappa shape index (κ2) is 7.03. The van der Waals surface area contributed by atoms with Crippen LogP contribution in [0.2, 0.25) is 0 Å². The molecule has 0 fully saturated rings. The molecule has 0 aliphatic heterocycles. The zero-order valence-corrected chi connectivity index (χ0v) is 11.0. The van der Waals surface area contributed by atoms with E-state index in [2.05, 4.69) is 17.2 Å². The monoisotopic (exact) mass is 277 g/mol. The number of nitro benzene ring substituents is 1. The van der Waals surface area contributed by atoms with Gasteiger partial charge in [-0.25, -0.2) is 0 Å². The van der Waals surface area contributed by atoms with Crippen molar-refractivity contribution in [2.75, 3.05) is 13.1 Å². The van der Waals surface area contributed by atoms with Gasteiger partial charge >= 0.3 is 0 Å². The summed E-state index contributed by atoms with van der Waals surface area (Å²) in [4.78, 5) is 33.3. The molecule has 0 heterocycles. The smallest absolute Gasteiger partial charge is 0.273 e. The summed E-state index contributed by atoms with van der Waals surface area (Å²) in [6.45, 7) is 5.14. The third kappa shape index (κ3) is 4.20. The van der Waals surface area contributed by atoms with Crippen LogP contribution in [0, 0.1) is 17.0 Å². The summed E-state index contributed by atoms with van der Waals surface area (Å²) in [6, 6.07) is 4.15. The Morgan fingerprint density at radius 3 is 2.70 bits per heavy atom. The molecule has 106 valence electrons. The molecule has 20 heavy (non-hydrogen) atoms. The van der Waals surface area contributed by atoms with Gasteiger partial charge in [-0.3, -0.25) is 19.7 Å². The number of benzene rings is 1. The molecule has 1 rings (SSSR count). The van der Waals surface area contributed by atoms with Gasteiger partial charge in [0.1, 0.15) is 0 Å². The Morgan fingerprint density at radius 2 is 2.10 bits per heavy atom. The Kier molecular flexibility index (Phi) is 5.40. The molecule has 1 aromatic carbocycles. The van der Waals surface area contributed by atoms with Crippen LogP contribution < -0.4 is 10.6 Å². The van der Waals surface area contributed by atoms with Crippen LogP contribution in [0.4, 0.5) is 5.69 Å². The van der Waals surface area contributed by atoms with Crippen molar-refractivity contribution in [1.82, 2.24) is 10.6 Å². The maximum absolute atomic E-state index is 11.8. The largest absolute Gasteiger partial charge is 0.351 e. The Morgan fingerprint density at radius 1 is 1.40 bits per heavy atom. The number of carbonyl (C=O) groups excluding carboxylic acids is 2. The van der Waals surface area contributed by atoms with Crippen molar-refractivity contribution in [1.29, 1.82) is 0 Å². The lowest BCUT2D eigenvalue weighted by Gasteiger charge is -2.06. The predicted octanol–water partition coefficient (Wildman–Crippen LogP) is 0.935. The minimum atomic E-state index is -0.553. The van der Waals surface area contributed by atoms with E-state index in [-0.39, 0.29) is 23.7 Å². The summed E-state index contributed by atoms with van der Waals surface area (Å²) in [5.41, 5.74) is 0.475. The number of hydrogen-bond donors (Lipinski definition) is 2. The highest BCUT2D eigenvalue weighted by Gasteiger charge is 2.15. The van der Waals surface area contributed by atoms with Gasteiger partial charge in [-0.05, 0) is 13.0 Å². The molecule has 0 saturated heterocycles. The fourth-order valence-electron chi connectivity index (χ4n) is 1.46. The average molecular weight is 277 g/mol. The summed E-state index contributed by atoms with van der Waals surface area (Å²) in [5, 5.41) is 15.7. The van der Waals surface area contributed by atoms with Crippen molar-refractivity contribution in [3.63, 3.8) is 0 Å². The number of aryl methyl sites for hydroxylation is 1. The zero-order chi connectivity index (χ0) is 15.1. The number of carbonyl (C=O) groups is 2. The van der Waals surface area contributed by atoms with Crippen molar-refractivity contribution in [2.45, 2.75) is 6.92 Å². The second-order valence-corrected chi connectivity index (χ2v) is 4.03. The molecule has 0 atom stereocenters. The number of rotatable bonds is 6. The van der Waals surface area contributed by atoms with E-state index in [1.165, 1.54) is 24.3 Å². The fourth-order valence-corrected chi connectivity index (χ4v) is 1.46. The molecule has 7 nitrogen and oxygen atoms in total. The van der Waals surface area contributed by atoms with E-state index >= 15 is 0 Å². The van der Waals surface area contributed by atoms with E-state index in [1.807, 2.05) is 0 Å². The molecule has 2 N–H and O–H groups in total. The molecule has 0 aliphatic carbocycles. The molecule has 1 aromatic rings. The maximum atomic E-state index is 11.8. The van der Waals surface area contributed by atoms with Gasteiger partial charge in [-0.15, -0.1) is 6.58 Å². The minimum absolute atomic E-state index is 0.131. The van der Waals surface area contributed by atoms with Crippen LogP contribution in [-0.4, -0.2) is 29.8 Å². The molecular weight excluding hydrogens is 262 g/mol. The SMILES string of the molecule is C=CCNC(=O)CNC(=O)c1ccc(C)c([N+](=O)[O-])c1. The third-order valence-corrected chi connectivity index (χ3v) is 2.52. The molecule has 0 aliphatic rings. The van der Waals surface area contributed by atoms with Gasteiger partial charge in [0.15, 0.2) is 0 Å². The Hall–Kier alpha value is -2.70. The number of nitrogens with one attached hydrogen (secondary N) is 2. The zero-order valence-electron chi connectivity index (χ0n) is 11.0. The van der Waals surface area contributed by atoms with Crippen LogP contribution in [-0.2, 0) is 4.79 Å². The minimum Gasteiger partial charge on any atom is -0.351 e. The summed E-state index contributed by atoms with van der Waals surface area (Å²) in [7, 11) is 0. The number of amides is 2. The van der Waals surface area contributed by atoms with Crippen molar-refractivity contribution in [3.8, 4) is 0 Å². The van der Waals surface area contributed by atoms with Crippen molar-refractivity contribution >= 4 is 17.5 Å². The van der Waals surface area contributed by atoms with Crippen LogP contribution >= 0.6 is 0 Å². The summed E-state index contributed by atoms with van der Waals surface area (Å²) >= 11 is 0. The molecule has 0 spiro atoms. The molecule has 0 saturated carbocycles. The van der Waals surface area contributed by atoms with E-state index in [0.717, 1.165) is 0 Å². The van der Waals surface area contributed by atoms with Crippen molar-refractivity contribution < 1.29 is 14.5 Å². The molecule has 0 unspecified atom stereocenters. The lowest BCUT2D eigenvalue weighted by Crippen LogP contribution is -2.36. The topological polar surface area (TPSA) is 101 Å². The highest BCUT2D eigenvalue weighted by Crippen LogP contribution is 2.18. The van der Waals surface area contributed by atoms with Gasteiger partial charge < -0.3 is 10.6 Å². The van der Waals surface area contributed by atoms with Gasteiger partial charge in [0.2, 0.25) is 5.91 Å². The number of nitrogens with zero attached hydrogens (tertiary/aromatic N) is 1. The number of hydrogen-bond acceptors (Lipinski definition) is 4. The van der Waals surface area contributed by atoms with E-state index < -0.39 is 10.8 Å². The van der Waals surface area contributed by atoms with Crippen molar-refractivity contribution in [3.05, 3.63) is 52.1 Å². The normalized spacial score (nSPS) is 9.65. The summed E-state index contributed by atoms with van der Waals surface area (Å²) < 4.78 is 0. The molecule has 0 aromatic heterocycles. The van der Waals surface area contributed by atoms with E-state index in [0.29, 0.717) is 12.1 Å². The third-order valence-electron chi connectivity index (χ3n) is 2.52. The van der Waals surface area contributed by atoms with Crippen LogP contribution in [0.25, 0.3) is 0 Å². The Bertz CT molecular complexity index is 555. The Balaban J connectivity index is 2.68. The highest BCUT2D eigenvalue weighted by molar-refractivity contribution is 5.97. The van der Waals surface area contributed by atoms with Gasteiger partial charge in [-0.1, -0.05) is 12.1 Å². The Labute approximate surface area is 115 Å². The van der Waals surface area contributed by atoms with E-state index in [4.69, 9.17) is 0 Å². The second-order valence-electron chi connectivity index (χ2n) is 4.03. The first-order valence-electron chi connectivity index (χ1n) is 5.86. The quantitative estimate of drug-likeness (QED) is 0.459. The molecule has 7 heteroatoms. The number of nitro groups is 1. The molecular formula is C13H15N3O4. The fraction of sp³-hybridized carbons (Fsp3) is 0.231. The van der Waals surface area contributed by atoms with E-state index in [1.54, 1.807) is 6.92 Å². The molecule has 0 radical (unpaired) electrons. The van der Waals surface area contributed by atoms with Gasteiger partial charge in [0.25, 0.3) is 11.6 Å².